The van der Waals surface area contributed by atoms with Gasteiger partial charge in [0.25, 0.3) is 0 Å². The number of alkyl halides is 3. The number of benzene rings is 2. The van der Waals surface area contributed by atoms with Crippen molar-refractivity contribution in [1.29, 1.82) is 0 Å². The number of nitrogens with one attached hydrogen (secondary N) is 2. The molecule has 11 nitrogen and oxygen atoms in total. The highest BCUT2D eigenvalue weighted by molar-refractivity contribution is 5.86. The van der Waals surface area contributed by atoms with E-state index in [1.807, 2.05) is 18.2 Å². The molecule has 0 saturated carbocycles. The Morgan fingerprint density at radius 2 is 1.80 bits per heavy atom. The van der Waals surface area contributed by atoms with Crippen molar-refractivity contribution in [3.05, 3.63) is 78.7 Å². The third-order valence-corrected chi connectivity index (χ3v) is 6.05. The fraction of sp³-hybridized carbons (Fsp3) is 0.333. The minimum Gasteiger partial charge on any atom is -0.490 e. The Morgan fingerprint density at radius 1 is 0.951 bits per heavy atom. The van der Waals surface area contributed by atoms with Crippen LogP contribution in [0.25, 0.3) is 16.6 Å². The quantitative estimate of drug-likeness (QED) is 0.174. The monoisotopic (exact) mass is 571 g/mol. The molecule has 0 aliphatic rings. The van der Waals surface area contributed by atoms with Gasteiger partial charge in [0, 0.05) is 25.6 Å². The van der Waals surface area contributed by atoms with Crippen LogP contribution >= 0.6 is 0 Å². The molecule has 0 saturated heterocycles. The molecule has 0 bridgehead atoms. The normalized spacial score (nSPS) is 11.8. The van der Waals surface area contributed by atoms with Crippen molar-refractivity contribution in [2.45, 2.75) is 32.2 Å². The maximum Gasteiger partial charge on any atom is 0.573 e. The summed E-state index contributed by atoms with van der Waals surface area (Å²) >= 11 is 0. The summed E-state index contributed by atoms with van der Waals surface area (Å²) < 4.78 is 61.2. The summed E-state index contributed by atoms with van der Waals surface area (Å²) in [6, 6.07) is 8.39. The van der Waals surface area contributed by atoms with Crippen molar-refractivity contribution in [2.24, 2.45) is 0 Å². The number of hydrogen-bond acceptors (Lipinski definition) is 9. The Labute approximate surface area is 232 Å². The molecule has 0 aliphatic heterocycles. The van der Waals surface area contributed by atoms with Crippen LogP contribution in [-0.2, 0) is 17.7 Å². The first-order valence-corrected chi connectivity index (χ1v) is 12.9. The zero-order valence-corrected chi connectivity index (χ0v) is 21.9. The first kappa shape index (κ1) is 28.1. The number of fused-ring (bicyclic) bond motifs is 1. The second kappa shape index (κ2) is 13.3. The molecule has 0 aliphatic carbocycles. The number of aromatic amines is 1. The molecule has 0 atom stereocenters. The van der Waals surface area contributed by atoms with Gasteiger partial charge in [0.05, 0.1) is 35.6 Å². The molecule has 3 aromatic heterocycles. The number of oxazole rings is 1. The number of H-pyrrole nitrogens is 1. The predicted molar refractivity (Wildman–Crippen MR) is 141 cm³/mol. The van der Waals surface area contributed by atoms with Crippen LogP contribution < -0.4 is 14.8 Å². The molecule has 2 N–H and O–H groups in total. The summed E-state index contributed by atoms with van der Waals surface area (Å²) in [5.41, 5.74) is 3.00. The molecule has 216 valence electrons. The predicted octanol–water partition coefficient (Wildman–Crippen LogP) is 4.59. The van der Waals surface area contributed by atoms with Crippen molar-refractivity contribution in [3.63, 3.8) is 0 Å². The lowest BCUT2D eigenvalue weighted by Gasteiger charge is -2.13. The van der Waals surface area contributed by atoms with Gasteiger partial charge in [-0.15, -0.1) is 23.4 Å². The zero-order valence-electron chi connectivity index (χ0n) is 21.9. The van der Waals surface area contributed by atoms with Gasteiger partial charge in [-0.1, -0.05) is 6.07 Å². The first-order valence-electron chi connectivity index (χ1n) is 12.9. The minimum atomic E-state index is -4.77. The van der Waals surface area contributed by atoms with E-state index in [1.54, 1.807) is 23.4 Å². The van der Waals surface area contributed by atoms with Crippen LogP contribution in [0, 0.1) is 0 Å². The second-order valence-electron chi connectivity index (χ2n) is 9.17. The molecule has 2 aromatic carbocycles. The first-order chi connectivity index (χ1) is 19.9. The molecule has 5 aromatic rings. The van der Waals surface area contributed by atoms with Crippen LogP contribution in [0.4, 0.5) is 13.2 Å². The van der Waals surface area contributed by atoms with Gasteiger partial charge < -0.3 is 23.9 Å². The lowest BCUT2D eigenvalue weighted by Crippen LogP contribution is -2.18. The van der Waals surface area contributed by atoms with E-state index in [9.17, 15) is 13.2 Å². The molecule has 14 heteroatoms. The summed E-state index contributed by atoms with van der Waals surface area (Å²) in [7, 11) is 0. The topological polar surface area (TPSA) is 125 Å². The van der Waals surface area contributed by atoms with Crippen molar-refractivity contribution in [2.75, 3.05) is 26.4 Å². The molecule has 0 spiro atoms. The minimum absolute atomic E-state index is 0.263. The third-order valence-electron chi connectivity index (χ3n) is 6.05. The fourth-order valence-corrected chi connectivity index (χ4v) is 4.26. The van der Waals surface area contributed by atoms with Gasteiger partial charge in [0.2, 0.25) is 0 Å². The average Bonchev–Trinajstić information content (AvgIpc) is 3.71. The van der Waals surface area contributed by atoms with E-state index < -0.39 is 6.36 Å². The molecule has 5 rings (SSSR count). The van der Waals surface area contributed by atoms with Gasteiger partial charge in [-0.05, 0) is 48.7 Å². The second-order valence-corrected chi connectivity index (χ2v) is 9.17. The fourth-order valence-electron chi connectivity index (χ4n) is 4.26. The van der Waals surface area contributed by atoms with E-state index in [4.69, 9.17) is 13.9 Å². The average molecular weight is 572 g/mol. The van der Waals surface area contributed by atoms with Crippen molar-refractivity contribution in [1.82, 2.24) is 35.3 Å². The van der Waals surface area contributed by atoms with Crippen LogP contribution in [0.3, 0.4) is 0 Å². The van der Waals surface area contributed by atoms with Crippen LogP contribution in [-0.4, -0.2) is 62.7 Å². The number of halogens is 3. The van der Waals surface area contributed by atoms with E-state index in [1.165, 1.54) is 24.7 Å². The molecule has 41 heavy (non-hydrogen) atoms. The molecule has 0 radical (unpaired) electrons. The largest absolute Gasteiger partial charge is 0.573 e. The van der Waals surface area contributed by atoms with Gasteiger partial charge in [0.1, 0.15) is 36.5 Å². The Balaban J connectivity index is 1.01. The standard InChI is InChI=1S/C27H28F3N7O4/c28-27(29,30)41-22-8-19(9-23-14-32-18-40-23)7-20(10-22)13-31-3-1-2-4-38-5-6-39-26-12-21(37-16-34-35-17-37)11-25-24(26)15-33-36-25/h7-8,10-12,14-18,31H,1-6,9,13H2,(H,33,36). The van der Waals surface area contributed by atoms with Crippen molar-refractivity contribution < 1.29 is 31.8 Å². The van der Waals surface area contributed by atoms with E-state index in [2.05, 4.69) is 35.4 Å². The lowest BCUT2D eigenvalue weighted by molar-refractivity contribution is -0.274. The Kier molecular flexibility index (Phi) is 9.11. The summed E-state index contributed by atoms with van der Waals surface area (Å²) in [5.74, 6) is 0.969. The molecular weight excluding hydrogens is 543 g/mol. The molecule has 3 heterocycles. The molecular formula is C27H28F3N7O4. The van der Waals surface area contributed by atoms with E-state index in [-0.39, 0.29) is 5.75 Å². The van der Waals surface area contributed by atoms with Crippen LogP contribution in [0.2, 0.25) is 0 Å². The van der Waals surface area contributed by atoms with E-state index in [0.717, 1.165) is 29.4 Å². The van der Waals surface area contributed by atoms with Crippen molar-refractivity contribution in [3.8, 4) is 17.2 Å². The maximum absolute atomic E-state index is 12.8. The van der Waals surface area contributed by atoms with Gasteiger partial charge in [0.15, 0.2) is 6.39 Å². The lowest BCUT2D eigenvalue weighted by atomic mass is 10.1. The zero-order chi connectivity index (χ0) is 28.5. The SMILES string of the molecule is FC(F)(F)Oc1cc(CNCCCCOCCOc2cc(-n3cnnc3)cc3[nH]ncc23)cc(Cc2cnco2)c1. The summed E-state index contributed by atoms with van der Waals surface area (Å²) in [6.45, 7) is 2.42. The number of hydrogen-bond donors (Lipinski definition) is 2. The Bertz CT molecular complexity index is 1510. The summed E-state index contributed by atoms with van der Waals surface area (Å²) in [4.78, 5) is 3.84. The van der Waals surface area contributed by atoms with E-state index in [0.29, 0.717) is 62.0 Å². The van der Waals surface area contributed by atoms with Crippen LogP contribution in [0.15, 0.2) is 66.2 Å². The number of nitrogens with zero attached hydrogens (tertiary/aromatic N) is 5. The Morgan fingerprint density at radius 3 is 2.61 bits per heavy atom. The molecule has 0 fully saturated rings. The van der Waals surface area contributed by atoms with Gasteiger partial charge in [-0.25, -0.2) is 4.98 Å². The van der Waals surface area contributed by atoms with Crippen LogP contribution in [0.5, 0.6) is 11.5 Å². The highest BCUT2D eigenvalue weighted by atomic mass is 19.4. The highest BCUT2D eigenvalue weighted by Crippen LogP contribution is 2.28. The highest BCUT2D eigenvalue weighted by Gasteiger charge is 2.31. The molecule has 0 unspecified atom stereocenters. The number of rotatable bonds is 15. The molecule has 0 amide bonds. The third kappa shape index (κ3) is 8.28. The number of aromatic nitrogens is 6. The number of unbranched alkanes of at least 4 members (excludes halogenated alkanes) is 1. The van der Waals surface area contributed by atoms with Gasteiger partial charge in [-0.3, -0.25) is 9.67 Å². The summed E-state index contributed by atoms with van der Waals surface area (Å²) in [6.07, 6.45) is 4.93. The summed E-state index contributed by atoms with van der Waals surface area (Å²) in [5, 5.41) is 18.9. The Hall–Kier alpha value is -4.43. The maximum atomic E-state index is 12.8. The van der Waals surface area contributed by atoms with Crippen LogP contribution in [0.1, 0.15) is 29.7 Å². The number of ether oxygens (including phenoxy) is 3. The van der Waals surface area contributed by atoms with Crippen molar-refractivity contribution >= 4 is 10.9 Å². The van der Waals surface area contributed by atoms with Gasteiger partial charge >= 0.3 is 6.36 Å². The smallest absolute Gasteiger partial charge is 0.490 e. The van der Waals surface area contributed by atoms with E-state index >= 15 is 0 Å². The van der Waals surface area contributed by atoms with Gasteiger partial charge in [-0.2, -0.15) is 5.10 Å².